The molecule has 2 rings (SSSR count). The number of hydrogen-bond acceptors (Lipinski definition) is 2. The molecule has 0 saturated heterocycles. The monoisotopic (exact) mass is 259 g/mol. The third kappa shape index (κ3) is 2.15. The van der Waals surface area contributed by atoms with Gasteiger partial charge in [0.05, 0.1) is 5.02 Å². The van der Waals surface area contributed by atoms with E-state index < -0.39 is 0 Å². The molecule has 1 saturated carbocycles. The predicted molar refractivity (Wildman–Crippen MR) is 67.0 cm³/mol. The summed E-state index contributed by atoms with van der Waals surface area (Å²) >= 11 is 11.7. The van der Waals surface area contributed by atoms with E-state index in [0.29, 0.717) is 16.5 Å². The molecule has 0 aliphatic heterocycles. The fourth-order valence-corrected chi connectivity index (χ4v) is 2.72. The maximum atomic E-state index is 9.91. The summed E-state index contributed by atoms with van der Waals surface area (Å²) in [7, 11) is 0. The Kier molecular flexibility index (Phi) is 3.63. The number of benzene rings is 1. The zero-order chi connectivity index (χ0) is 11.7. The maximum absolute atomic E-state index is 9.91. The molecule has 0 amide bonds. The van der Waals surface area contributed by atoms with Gasteiger partial charge in [0.2, 0.25) is 0 Å². The number of phenolic OH excluding ortho intramolecular Hbond substituents is 1. The molecular weight excluding hydrogens is 245 g/mol. The van der Waals surface area contributed by atoms with Gasteiger partial charge in [-0.05, 0) is 24.8 Å². The van der Waals surface area contributed by atoms with Crippen molar-refractivity contribution < 1.29 is 5.11 Å². The fourth-order valence-electron chi connectivity index (χ4n) is 2.39. The summed E-state index contributed by atoms with van der Waals surface area (Å²) in [5.41, 5.74) is 6.87. The lowest BCUT2D eigenvalue weighted by atomic mass is 9.92. The van der Waals surface area contributed by atoms with Crippen molar-refractivity contribution in [2.24, 2.45) is 11.7 Å². The quantitative estimate of drug-likeness (QED) is 0.847. The van der Waals surface area contributed by atoms with Gasteiger partial charge < -0.3 is 10.8 Å². The standard InChI is InChI=1S/C12H15Cl2NO/c13-9-6-5-8(12(16)10(9)14)11(15)7-3-1-2-4-7/h5-7,11,16H,1-4,15H2/t11-/m0/s1. The lowest BCUT2D eigenvalue weighted by molar-refractivity contribution is 0.412. The summed E-state index contributed by atoms with van der Waals surface area (Å²) in [6.07, 6.45) is 4.70. The van der Waals surface area contributed by atoms with Gasteiger partial charge in [-0.2, -0.15) is 0 Å². The maximum Gasteiger partial charge on any atom is 0.140 e. The highest BCUT2D eigenvalue weighted by Crippen LogP contribution is 2.41. The van der Waals surface area contributed by atoms with Crippen molar-refractivity contribution in [3.63, 3.8) is 0 Å². The Morgan fingerprint density at radius 3 is 2.50 bits per heavy atom. The van der Waals surface area contributed by atoms with E-state index in [1.165, 1.54) is 12.8 Å². The molecule has 0 radical (unpaired) electrons. The summed E-state index contributed by atoms with van der Waals surface area (Å²) in [5, 5.41) is 10.5. The molecule has 4 heteroatoms. The van der Waals surface area contributed by atoms with Crippen molar-refractivity contribution in [3.05, 3.63) is 27.7 Å². The van der Waals surface area contributed by atoms with Gasteiger partial charge in [0.1, 0.15) is 10.8 Å². The molecule has 0 bridgehead atoms. The van der Waals surface area contributed by atoms with Crippen LogP contribution in [0.25, 0.3) is 0 Å². The molecular formula is C12H15Cl2NO. The highest BCUT2D eigenvalue weighted by Gasteiger charge is 2.26. The molecule has 0 aromatic heterocycles. The average molecular weight is 260 g/mol. The summed E-state index contributed by atoms with van der Waals surface area (Å²) in [6, 6.07) is 3.32. The van der Waals surface area contributed by atoms with Crippen LogP contribution in [-0.2, 0) is 0 Å². The Morgan fingerprint density at radius 2 is 1.88 bits per heavy atom. The molecule has 1 aromatic rings. The number of aromatic hydroxyl groups is 1. The molecule has 0 unspecified atom stereocenters. The van der Waals surface area contributed by atoms with Crippen LogP contribution in [0.4, 0.5) is 0 Å². The fraction of sp³-hybridized carbons (Fsp3) is 0.500. The van der Waals surface area contributed by atoms with Crippen molar-refractivity contribution >= 4 is 23.2 Å². The van der Waals surface area contributed by atoms with E-state index >= 15 is 0 Å². The van der Waals surface area contributed by atoms with Crippen LogP contribution in [0.1, 0.15) is 37.3 Å². The minimum absolute atomic E-state index is 0.0357. The third-order valence-corrected chi connectivity index (χ3v) is 4.16. The number of phenols is 1. The van der Waals surface area contributed by atoms with Gasteiger partial charge in [-0.3, -0.25) is 0 Å². The first-order valence-electron chi connectivity index (χ1n) is 5.53. The van der Waals surface area contributed by atoms with Crippen LogP contribution in [0.15, 0.2) is 12.1 Å². The Hall–Kier alpha value is -0.440. The molecule has 2 nitrogen and oxygen atoms in total. The molecule has 16 heavy (non-hydrogen) atoms. The van der Waals surface area contributed by atoms with Crippen LogP contribution >= 0.6 is 23.2 Å². The lowest BCUT2D eigenvalue weighted by Gasteiger charge is -2.20. The molecule has 1 fully saturated rings. The second-order valence-corrected chi connectivity index (χ2v) is 5.15. The first kappa shape index (κ1) is 12.0. The third-order valence-electron chi connectivity index (χ3n) is 3.37. The number of rotatable bonds is 2. The van der Waals surface area contributed by atoms with E-state index in [9.17, 15) is 5.11 Å². The van der Waals surface area contributed by atoms with Crippen LogP contribution in [0, 0.1) is 5.92 Å². The van der Waals surface area contributed by atoms with Gasteiger partial charge in [0.15, 0.2) is 0 Å². The molecule has 1 aromatic carbocycles. The van der Waals surface area contributed by atoms with Gasteiger partial charge >= 0.3 is 0 Å². The molecule has 1 aliphatic rings. The number of nitrogens with two attached hydrogens (primary N) is 1. The molecule has 0 spiro atoms. The summed E-state index contributed by atoms with van der Waals surface area (Å²) in [6.45, 7) is 0. The minimum Gasteiger partial charge on any atom is -0.506 e. The van der Waals surface area contributed by atoms with Gasteiger partial charge in [0.25, 0.3) is 0 Å². The van der Waals surface area contributed by atoms with Crippen molar-refractivity contribution in [2.45, 2.75) is 31.7 Å². The van der Waals surface area contributed by atoms with Crippen LogP contribution in [0.3, 0.4) is 0 Å². The zero-order valence-corrected chi connectivity index (χ0v) is 10.4. The molecule has 88 valence electrons. The van der Waals surface area contributed by atoms with Crippen LogP contribution in [-0.4, -0.2) is 5.11 Å². The Morgan fingerprint density at radius 1 is 1.25 bits per heavy atom. The van der Waals surface area contributed by atoms with Crippen LogP contribution in [0.5, 0.6) is 5.75 Å². The Labute approximate surface area is 105 Å². The zero-order valence-electron chi connectivity index (χ0n) is 8.92. The van der Waals surface area contributed by atoms with Crippen LogP contribution < -0.4 is 5.73 Å². The van der Waals surface area contributed by atoms with Crippen molar-refractivity contribution in [1.82, 2.24) is 0 Å². The second kappa shape index (κ2) is 4.82. The number of hydrogen-bond donors (Lipinski definition) is 2. The topological polar surface area (TPSA) is 46.2 Å². The number of halogens is 2. The van der Waals surface area contributed by atoms with E-state index in [1.54, 1.807) is 12.1 Å². The molecule has 0 heterocycles. The predicted octanol–water partition coefficient (Wildman–Crippen LogP) is 3.89. The van der Waals surface area contributed by atoms with Gasteiger partial charge in [-0.1, -0.05) is 42.1 Å². The largest absolute Gasteiger partial charge is 0.506 e. The van der Waals surface area contributed by atoms with Crippen LogP contribution in [0.2, 0.25) is 10.0 Å². The van der Waals surface area contributed by atoms with Crippen molar-refractivity contribution in [2.75, 3.05) is 0 Å². The molecule has 1 atom stereocenters. The second-order valence-electron chi connectivity index (χ2n) is 4.37. The first-order chi connectivity index (χ1) is 7.61. The Bertz CT molecular complexity index is 389. The van der Waals surface area contributed by atoms with Gasteiger partial charge in [0, 0.05) is 11.6 Å². The summed E-state index contributed by atoms with van der Waals surface area (Å²) < 4.78 is 0. The highest BCUT2D eigenvalue weighted by atomic mass is 35.5. The van der Waals surface area contributed by atoms with Gasteiger partial charge in [-0.25, -0.2) is 0 Å². The highest BCUT2D eigenvalue weighted by molar-refractivity contribution is 6.43. The van der Waals surface area contributed by atoms with E-state index in [0.717, 1.165) is 12.8 Å². The normalized spacial score (nSPS) is 18.9. The van der Waals surface area contributed by atoms with E-state index in [2.05, 4.69) is 0 Å². The SMILES string of the molecule is N[C@H](c1ccc(Cl)c(Cl)c1O)C1CCCC1. The van der Waals surface area contributed by atoms with Gasteiger partial charge in [-0.15, -0.1) is 0 Å². The van der Waals surface area contributed by atoms with Crippen molar-refractivity contribution in [1.29, 1.82) is 0 Å². The van der Waals surface area contributed by atoms with E-state index in [-0.39, 0.29) is 16.8 Å². The van der Waals surface area contributed by atoms with E-state index in [4.69, 9.17) is 28.9 Å². The molecule has 3 N–H and O–H groups in total. The van der Waals surface area contributed by atoms with Crippen molar-refractivity contribution in [3.8, 4) is 5.75 Å². The Balaban J connectivity index is 2.29. The summed E-state index contributed by atoms with van der Waals surface area (Å²) in [5.74, 6) is 0.483. The lowest BCUT2D eigenvalue weighted by Crippen LogP contribution is -2.19. The van der Waals surface area contributed by atoms with E-state index in [1.807, 2.05) is 0 Å². The first-order valence-corrected chi connectivity index (χ1v) is 6.29. The smallest absolute Gasteiger partial charge is 0.140 e. The average Bonchev–Trinajstić information content (AvgIpc) is 2.79. The minimum atomic E-state index is -0.141. The molecule has 1 aliphatic carbocycles. The summed E-state index contributed by atoms with van der Waals surface area (Å²) in [4.78, 5) is 0.